The van der Waals surface area contributed by atoms with Crippen LogP contribution in [0.3, 0.4) is 0 Å². The van der Waals surface area contributed by atoms with Gasteiger partial charge in [0.05, 0.1) is 24.8 Å². The van der Waals surface area contributed by atoms with E-state index in [1.807, 2.05) is 6.07 Å². The van der Waals surface area contributed by atoms with Crippen molar-refractivity contribution in [3.63, 3.8) is 0 Å². The zero-order chi connectivity index (χ0) is 16.7. The summed E-state index contributed by atoms with van der Waals surface area (Å²) in [4.78, 5) is 27.6. The number of ether oxygens (including phenoxy) is 2. The van der Waals surface area contributed by atoms with Crippen molar-refractivity contribution in [3.05, 3.63) is 36.0 Å². The lowest BCUT2D eigenvalue weighted by atomic mass is 10.1. The number of alkyl halides is 1. The fourth-order valence-electron chi connectivity index (χ4n) is 1.98. The number of hydrogen-bond donors (Lipinski definition) is 1. The van der Waals surface area contributed by atoms with Gasteiger partial charge in [0.25, 0.3) is 5.91 Å². The van der Waals surface area contributed by atoms with Gasteiger partial charge in [0.15, 0.2) is 0 Å². The summed E-state index contributed by atoms with van der Waals surface area (Å²) in [7, 11) is 1.27. The van der Waals surface area contributed by atoms with E-state index in [1.54, 1.807) is 24.4 Å². The average Bonchev–Trinajstić information content (AvgIpc) is 2.59. The number of methoxy groups -OCH3 is 1. The minimum absolute atomic E-state index is 0.180. The topological polar surface area (TPSA) is 77.5 Å². The molecule has 0 spiro atoms. The number of pyridine rings is 1. The number of carbonyl (C=O) groups is 2. The number of nitrogens with zero attached hydrogens (tertiary/aromatic N) is 1. The maximum absolute atomic E-state index is 12.3. The molecule has 6 nitrogen and oxygen atoms in total. The lowest BCUT2D eigenvalue weighted by Crippen LogP contribution is -2.30. The number of fused-ring (bicyclic) bond motifs is 1. The van der Waals surface area contributed by atoms with Crippen LogP contribution in [-0.4, -0.2) is 42.5 Å². The van der Waals surface area contributed by atoms with Crippen molar-refractivity contribution >= 4 is 38.7 Å². The van der Waals surface area contributed by atoms with Crippen molar-refractivity contribution in [1.82, 2.24) is 10.3 Å². The van der Waals surface area contributed by atoms with E-state index < -0.39 is 5.97 Å². The Bertz CT molecular complexity index is 706. The second kappa shape index (κ2) is 8.47. The van der Waals surface area contributed by atoms with Crippen LogP contribution >= 0.6 is 15.9 Å². The van der Waals surface area contributed by atoms with Crippen molar-refractivity contribution in [2.24, 2.45) is 0 Å². The van der Waals surface area contributed by atoms with Gasteiger partial charge in [0, 0.05) is 16.9 Å². The van der Waals surface area contributed by atoms with E-state index in [0.29, 0.717) is 28.8 Å². The number of halogens is 1. The third-order valence-corrected chi connectivity index (χ3v) is 3.69. The van der Waals surface area contributed by atoms with Gasteiger partial charge in [-0.1, -0.05) is 15.9 Å². The Kier molecular flexibility index (Phi) is 6.34. The third-order valence-electron chi connectivity index (χ3n) is 3.13. The molecule has 2 aromatic rings. The summed E-state index contributed by atoms with van der Waals surface area (Å²) in [6.07, 6.45) is 2.44. The number of hydrogen-bond acceptors (Lipinski definition) is 5. The van der Waals surface area contributed by atoms with Crippen LogP contribution in [0, 0.1) is 0 Å². The molecule has 7 heteroatoms. The number of benzene rings is 1. The molecule has 1 aromatic heterocycles. The van der Waals surface area contributed by atoms with Gasteiger partial charge >= 0.3 is 5.97 Å². The summed E-state index contributed by atoms with van der Waals surface area (Å²) in [6.45, 7) is 0.404. The highest BCUT2D eigenvalue weighted by atomic mass is 79.9. The predicted molar refractivity (Wildman–Crippen MR) is 90.0 cm³/mol. The maximum Gasteiger partial charge on any atom is 0.325 e. The van der Waals surface area contributed by atoms with Crippen molar-refractivity contribution in [1.29, 1.82) is 0 Å². The first kappa shape index (κ1) is 17.2. The molecule has 0 saturated heterocycles. The molecule has 0 atom stereocenters. The van der Waals surface area contributed by atoms with Gasteiger partial charge in [-0.2, -0.15) is 0 Å². The Morgan fingerprint density at radius 2 is 2.13 bits per heavy atom. The molecule has 0 aliphatic rings. The minimum Gasteiger partial charge on any atom is -0.494 e. The van der Waals surface area contributed by atoms with Crippen molar-refractivity contribution in [2.45, 2.75) is 6.42 Å². The highest BCUT2D eigenvalue weighted by Gasteiger charge is 2.12. The minimum atomic E-state index is -0.504. The van der Waals surface area contributed by atoms with Gasteiger partial charge in [-0.05, 0) is 30.7 Å². The quantitative estimate of drug-likeness (QED) is 0.453. The van der Waals surface area contributed by atoms with Crippen molar-refractivity contribution in [2.75, 3.05) is 25.6 Å². The van der Waals surface area contributed by atoms with E-state index in [9.17, 15) is 9.59 Å². The second-order valence-corrected chi connectivity index (χ2v) is 5.48. The van der Waals surface area contributed by atoms with Gasteiger partial charge < -0.3 is 14.8 Å². The molecule has 23 heavy (non-hydrogen) atoms. The first-order chi connectivity index (χ1) is 11.2. The van der Waals surface area contributed by atoms with E-state index in [2.05, 4.69) is 31.0 Å². The molecule has 0 unspecified atom stereocenters. The molecular weight excluding hydrogens is 364 g/mol. The van der Waals surface area contributed by atoms with Gasteiger partial charge in [-0.15, -0.1) is 0 Å². The van der Waals surface area contributed by atoms with Crippen LogP contribution in [0.4, 0.5) is 0 Å². The molecule has 1 heterocycles. The van der Waals surface area contributed by atoms with Gasteiger partial charge in [0.2, 0.25) is 0 Å². The standard InChI is InChI=1S/C16H17BrN2O4/c1-22-15(20)10-19-16(21)12-5-7-18-14-4-3-11(9-13(12)14)23-8-2-6-17/h3-5,7,9H,2,6,8,10H2,1H3,(H,19,21). The maximum atomic E-state index is 12.3. The normalized spacial score (nSPS) is 10.3. The molecule has 1 aromatic carbocycles. The lowest BCUT2D eigenvalue weighted by molar-refractivity contribution is -0.139. The molecule has 0 fully saturated rings. The molecular formula is C16H17BrN2O4. The molecule has 1 N–H and O–H groups in total. The number of aromatic nitrogens is 1. The molecule has 0 aliphatic carbocycles. The van der Waals surface area contributed by atoms with Crippen LogP contribution < -0.4 is 10.1 Å². The number of esters is 1. The van der Waals surface area contributed by atoms with E-state index in [-0.39, 0.29) is 12.5 Å². The summed E-state index contributed by atoms with van der Waals surface area (Å²) < 4.78 is 10.1. The molecule has 1 amide bonds. The largest absolute Gasteiger partial charge is 0.494 e. The van der Waals surface area contributed by atoms with Crippen LogP contribution in [0.2, 0.25) is 0 Å². The summed E-state index contributed by atoms with van der Waals surface area (Å²) in [5.41, 5.74) is 1.12. The van der Waals surface area contributed by atoms with Crippen LogP contribution in [-0.2, 0) is 9.53 Å². The molecule has 122 valence electrons. The van der Waals surface area contributed by atoms with Crippen LogP contribution in [0.15, 0.2) is 30.5 Å². The monoisotopic (exact) mass is 380 g/mol. The molecule has 0 saturated carbocycles. The fourth-order valence-corrected chi connectivity index (χ4v) is 2.21. The van der Waals surface area contributed by atoms with E-state index >= 15 is 0 Å². The molecule has 0 radical (unpaired) electrons. The number of nitrogens with one attached hydrogen (secondary N) is 1. The third kappa shape index (κ3) is 4.66. The number of amides is 1. The zero-order valence-corrected chi connectivity index (χ0v) is 14.3. The van der Waals surface area contributed by atoms with Crippen LogP contribution in [0.5, 0.6) is 5.75 Å². The summed E-state index contributed by atoms with van der Waals surface area (Å²) in [6, 6.07) is 7.01. The Morgan fingerprint density at radius 1 is 1.30 bits per heavy atom. The van der Waals surface area contributed by atoms with Crippen molar-refractivity contribution < 1.29 is 19.1 Å². The SMILES string of the molecule is COC(=O)CNC(=O)c1ccnc2ccc(OCCCBr)cc12. The fraction of sp³-hybridized carbons (Fsp3) is 0.312. The first-order valence-corrected chi connectivity index (χ1v) is 8.20. The molecule has 0 aliphatic heterocycles. The molecule has 2 rings (SSSR count). The highest BCUT2D eigenvalue weighted by Crippen LogP contribution is 2.23. The zero-order valence-electron chi connectivity index (χ0n) is 12.7. The Labute approximate surface area is 142 Å². The number of rotatable bonds is 7. The molecule has 0 bridgehead atoms. The van der Waals surface area contributed by atoms with E-state index in [1.165, 1.54) is 7.11 Å². The van der Waals surface area contributed by atoms with Crippen LogP contribution in [0.1, 0.15) is 16.8 Å². The smallest absolute Gasteiger partial charge is 0.325 e. The second-order valence-electron chi connectivity index (χ2n) is 4.69. The Hall–Kier alpha value is -2.15. The van der Waals surface area contributed by atoms with Gasteiger partial charge in [-0.3, -0.25) is 14.6 Å². The number of carbonyl (C=O) groups excluding carboxylic acids is 2. The van der Waals surface area contributed by atoms with E-state index in [0.717, 1.165) is 11.8 Å². The Balaban J connectivity index is 2.22. The Morgan fingerprint density at radius 3 is 2.87 bits per heavy atom. The van der Waals surface area contributed by atoms with Gasteiger partial charge in [0.1, 0.15) is 12.3 Å². The van der Waals surface area contributed by atoms with E-state index in [4.69, 9.17) is 4.74 Å². The lowest BCUT2D eigenvalue weighted by Gasteiger charge is -2.09. The predicted octanol–water partition coefficient (Wildman–Crippen LogP) is 2.30. The highest BCUT2D eigenvalue weighted by molar-refractivity contribution is 9.09. The summed E-state index contributed by atoms with van der Waals surface area (Å²) >= 11 is 3.35. The summed E-state index contributed by atoms with van der Waals surface area (Å²) in [5.74, 6) is -0.190. The van der Waals surface area contributed by atoms with Crippen molar-refractivity contribution in [3.8, 4) is 5.75 Å². The summed E-state index contributed by atoms with van der Waals surface area (Å²) in [5, 5.41) is 4.06. The first-order valence-electron chi connectivity index (χ1n) is 7.08. The van der Waals surface area contributed by atoms with Crippen LogP contribution in [0.25, 0.3) is 10.9 Å². The average molecular weight is 381 g/mol. The van der Waals surface area contributed by atoms with Gasteiger partial charge in [-0.25, -0.2) is 0 Å².